The molecular weight excluding hydrogens is 436 g/mol. The molecule has 0 atom stereocenters. The van der Waals surface area contributed by atoms with Crippen molar-refractivity contribution in [3.05, 3.63) is 119 Å². The third-order valence-corrected chi connectivity index (χ3v) is 6.27. The van der Waals surface area contributed by atoms with E-state index in [0.717, 1.165) is 30.8 Å². The van der Waals surface area contributed by atoms with Crippen molar-refractivity contribution in [2.24, 2.45) is 0 Å². The summed E-state index contributed by atoms with van der Waals surface area (Å²) in [6.45, 7) is 4.93. The SMILES string of the molecule is O=C(c1cn(Cc2ccccc2)nc1OCc1ccccc1)N1CCN(Cc2ccccc2)CC1. The van der Waals surface area contributed by atoms with E-state index in [1.165, 1.54) is 5.56 Å². The van der Waals surface area contributed by atoms with Crippen molar-refractivity contribution in [3.8, 4) is 5.88 Å². The Morgan fingerprint density at radius 2 is 1.26 bits per heavy atom. The molecule has 3 aromatic carbocycles. The fourth-order valence-corrected chi connectivity index (χ4v) is 4.36. The third-order valence-electron chi connectivity index (χ3n) is 6.27. The van der Waals surface area contributed by atoms with Crippen LogP contribution in [0.4, 0.5) is 0 Å². The number of ether oxygens (including phenoxy) is 1. The molecule has 1 aromatic heterocycles. The molecule has 1 fully saturated rings. The number of hydrogen-bond acceptors (Lipinski definition) is 4. The first kappa shape index (κ1) is 22.9. The maximum atomic E-state index is 13.5. The molecule has 2 heterocycles. The summed E-state index contributed by atoms with van der Waals surface area (Å²) in [5.41, 5.74) is 3.98. The van der Waals surface area contributed by atoms with Gasteiger partial charge in [-0.1, -0.05) is 91.0 Å². The summed E-state index contributed by atoms with van der Waals surface area (Å²) < 4.78 is 7.86. The van der Waals surface area contributed by atoms with E-state index in [2.05, 4.69) is 46.4 Å². The van der Waals surface area contributed by atoms with Crippen molar-refractivity contribution in [2.75, 3.05) is 26.2 Å². The number of carbonyl (C=O) groups is 1. The molecule has 0 spiro atoms. The highest BCUT2D eigenvalue weighted by Crippen LogP contribution is 2.22. The van der Waals surface area contributed by atoms with Gasteiger partial charge in [-0.15, -0.1) is 5.10 Å². The molecule has 5 rings (SSSR count). The number of carbonyl (C=O) groups excluding carboxylic acids is 1. The van der Waals surface area contributed by atoms with Crippen LogP contribution in [0.1, 0.15) is 27.0 Å². The normalized spacial score (nSPS) is 14.1. The lowest BCUT2D eigenvalue weighted by molar-refractivity contribution is 0.0624. The topological polar surface area (TPSA) is 50.6 Å². The maximum Gasteiger partial charge on any atom is 0.261 e. The molecule has 0 radical (unpaired) electrons. The van der Waals surface area contributed by atoms with Gasteiger partial charge in [-0.25, -0.2) is 0 Å². The monoisotopic (exact) mass is 466 g/mol. The summed E-state index contributed by atoms with van der Waals surface area (Å²) in [6, 6.07) is 30.5. The molecule has 4 aromatic rings. The quantitative estimate of drug-likeness (QED) is 0.385. The highest BCUT2D eigenvalue weighted by atomic mass is 16.5. The number of aromatic nitrogens is 2. The van der Waals surface area contributed by atoms with Gasteiger partial charge < -0.3 is 9.64 Å². The van der Waals surface area contributed by atoms with Crippen LogP contribution >= 0.6 is 0 Å². The van der Waals surface area contributed by atoms with E-state index in [9.17, 15) is 4.79 Å². The highest BCUT2D eigenvalue weighted by Gasteiger charge is 2.27. The molecule has 178 valence electrons. The van der Waals surface area contributed by atoms with Crippen molar-refractivity contribution >= 4 is 5.91 Å². The molecule has 6 nitrogen and oxygen atoms in total. The second-order valence-electron chi connectivity index (χ2n) is 8.86. The zero-order valence-corrected chi connectivity index (χ0v) is 19.8. The van der Waals surface area contributed by atoms with Crippen molar-refractivity contribution in [1.82, 2.24) is 19.6 Å². The fourth-order valence-electron chi connectivity index (χ4n) is 4.36. The maximum absolute atomic E-state index is 13.5. The summed E-state index contributed by atoms with van der Waals surface area (Å²) in [7, 11) is 0. The van der Waals surface area contributed by atoms with Gasteiger partial charge in [0.15, 0.2) is 0 Å². The largest absolute Gasteiger partial charge is 0.471 e. The Kier molecular flexibility index (Phi) is 7.20. The van der Waals surface area contributed by atoms with Crippen LogP contribution in [-0.4, -0.2) is 51.7 Å². The molecule has 0 saturated carbocycles. The van der Waals surface area contributed by atoms with Gasteiger partial charge in [0, 0.05) is 38.9 Å². The minimum Gasteiger partial charge on any atom is -0.471 e. The van der Waals surface area contributed by atoms with E-state index >= 15 is 0 Å². The van der Waals surface area contributed by atoms with Crippen molar-refractivity contribution in [3.63, 3.8) is 0 Å². The minimum absolute atomic E-state index is 0.0215. The Labute approximate surface area is 206 Å². The second kappa shape index (κ2) is 11.0. The number of rotatable bonds is 8. The summed E-state index contributed by atoms with van der Waals surface area (Å²) >= 11 is 0. The van der Waals surface area contributed by atoms with Crippen LogP contribution in [-0.2, 0) is 19.7 Å². The lowest BCUT2D eigenvalue weighted by Gasteiger charge is -2.34. The van der Waals surface area contributed by atoms with Gasteiger partial charge in [-0.05, 0) is 16.7 Å². The van der Waals surface area contributed by atoms with Crippen LogP contribution in [0.25, 0.3) is 0 Å². The van der Waals surface area contributed by atoms with Gasteiger partial charge >= 0.3 is 0 Å². The van der Waals surface area contributed by atoms with E-state index < -0.39 is 0 Å². The van der Waals surface area contributed by atoms with Crippen LogP contribution in [0.3, 0.4) is 0 Å². The fraction of sp³-hybridized carbons (Fsp3) is 0.241. The molecular formula is C29H30N4O2. The number of piperazine rings is 1. The Hall–Kier alpha value is -3.90. The van der Waals surface area contributed by atoms with Gasteiger partial charge in [0.1, 0.15) is 12.2 Å². The Balaban J connectivity index is 1.28. The van der Waals surface area contributed by atoms with Crippen LogP contribution in [0.15, 0.2) is 97.2 Å². The zero-order valence-electron chi connectivity index (χ0n) is 19.8. The first-order valence-corrected chi connectivity index (χ1v) is 12.1. The first-order valence-electron chi connectivity index (χ1n) is 12.1. The van der Waals surface area contributed by atoms with Crippen molar-refractivity contribution in [2.45, 2.75) is 19.7 Å². The molecule has 0 unspecified atom stereocenters. The van der Waals surface area contributed by atoms with E-state index in [1.807, 2.05) is 65.7 Å². The summed E-state index contributed by atoms with van der Waals surface area (Å²) in [5.74, 6) is 0.369. The van der Waals surface area contributed by atoms with E-state index in [4.69, 9.17) is 4.74 Å². The molecule has 35 heavy (non-hydrogen) atoms. The highest BCUT2D eigenvalue weighted by molar-refractivity contribution is 5.96. The first-order chi connectivity index (χ1) is 17.2. The lowest BCUT2D eigenvalue weighted by Crippen LogP contribution is -2.48. The lowest BCUT2D eigenvalue weighted by atomic mass is 10.2. The zero-order chi connectivity index (χ0) is 23.9. The molecule has 0 bridgehead atoms. The second-order valence-corrected chi connectivity index (χ2v) is 8.86. The number of hydrogen-bond donors (Lipinski definition) is 0. The molecule has 0 aliphatic carbocycles. The van der Waals surface area contributed by atoms with Gasteiger partial charge in [0.05, 0.1) is 6.54 Å². The number of benzene rings is 3. The molecule has 1 aliphatic heterocycles. The average molecular weight is 467 g/mol. The van der Waals surface area contributed by atoms with Crippen LogP contribution in [0.5, 0.6) is 5.88 Å². The van der Waals surface area contributed by atoms with Crippen molar-refractivity contribution in [1.29, 1.82) is 0 Å². The molecule has 1 amide bonds. The number of amides is 1. The van der Waals surface area contributed by atoms with E-state index in [1.54, 1.807) is 4.68 Å². The molecule has 1 aliphatic rings. The summed E-state index contributed by atoms with van der Waals surface area (Å²) in [6.07, 6.45) is 1.83. The molecule has 1 saturated heterocycles. The Morgan fingerprint density at radius 1 is 0.714 bits per heavy atom. The van der Waals surface area contributed by atoms with Gasteiger partial charge in [0.25, 0.3) is 5.91 Å². The van der Waals surface area contributed by atoms with E-state index in [-0.39, 0.29) is 5.91 Å². The molecule has 6 heteroatoms. The third kappa shape index (κ3) is 5.97. The molecule has 0 N–H and O–H groups in total. The average Bonchev–Trinajstić information content (AvgIpc) is 3.32. The summed E-state index contributed by atoms with van der Waals surface area (Å²) in [4.78, 5) is 17.8. The smallest absolute Gasteiger partial charge is 0.261 e. The van der Waals surface area contributed by atoms with Crippen LogP contribution in [0.2, 0.25) is 0 Å². The summed E-state index contributed by atoms with van der Waals surface area (Å²) in [5, 5.41) is 4.64. The van der Waals surface area contributed by atoms with Gasteiger partial charge in [0.2, 0.25) is 5.88 Å². The van der Waals surface area contributed by atoms with Crippen LogP contribution < -0.4 is 4.74 Å². The predicted molar refractivity (Wildman–Crippen MR) is 136 cm³/mol. The predicted octanol–water partition coefficient (Wildman–Crippen LogP) is 4.47. The minimum atomic E-state index is -0.0215. The van der Waals surface area contributed by atoms with E-state index in [0.29, 0.717) is 37.7 Å². The van der Waals surface area contributed by atoms with Gasteiger partial charge in [-0.3, -0.25) is 14.4 Å². The standard InChI is InChI=1S/C29H30N4O2/c34-29(32-18-16-31(17-19-32)20-24-10-4-1-5-11-24)27-22-33(21-25-12-6-2-7-13-25)30-28(27)35-23-26-14-8-3-9-15-26/h1-15,22H,16-21,23H2. The van der Waals surface area contributed by atoms with Gasteiger partial charge in [-0.2, -0.15) is 0 Å². The van der Waals surface area contributed by atoms with Crippen molar-refractivity contribution < 1.29 is 9.53 Å². The Bertz CT molecular complexity index is 1220. The number of nitrogens with zero attached hydrogens (tertiary/aromatic N) is 4. The van der Waals surface area contributed by atoms with Crippen LogP contribution in [0, 0.1) is 0 Å². The Morgan fingerprint density at radius 3 is 1.86 bits per heavy atom.